The molecule has 2 aromatic carbocycles. The molecule has 0 aliphatic rings. The number of hydrogen-bond acceptors (Lipinski definition) is 0. The fourth-order valence-corrected chi connectivity index (χ4v) is 1.94. The summed E-state index contributed by atoms with van der Waals surface area (Å²) in [5.41, 5.74) is 3.87. The highest BCUT2D eigenvalue weighted by Crippen LogP contribution is 2.13. The van der Waals surface area contributed by atoms with Crippen molar-refractivity contribution in [1.29, 1.82) is 0 Å². The van der Waals surface area contributed by atoms with Gasteiger partial charge in [-0.15, -0.1) is 0 Å². The number of rotatable bonds is 1. The molecule has 0 amide bonds. The predicted octanol–water partition coefficient (Wildman–Crippen LogP) is 5.38. The Morgan fingerprint density at radius 1 is 1.00 bits per heavy atom. The Morgan fingerprint density at radius 2 is 1.50 bits per heavy atom. The van der Waals surface area contributed by atoms with Gasteiger partial charge >= 0.3 is 0 Å². The Morgan fingerprint density at radius 3 is 1.83 bits per heavy atom. The van der Waals surface area contributed by atoms with Crippen LogP contribution < -0.4 is 0 Å². The summed E-state index contributed by atoms with van der Waals surface area (Å²) in [5.74, 6) is -0.176. The molecule has 0 spiro atoms. The summed E-state index contributed by atoms with van der Waals surface area (Å²) in [4.78, 5) is 0. The third kappa shape index (κ3) is 4.61. The molecule has 2 rings (SSSR count). The fraction of sp³-hybridized carbons (Fsp3) is 0.125. The second kappa shape index (κ2) is 7.31. The SMILES string of the molecule is C=Cc1c(C)cccc1C.Fc1ccc(I)cc1. The summed E-state index contributed by atoms with van der Waals surface area (Å²) >= 11 is 2.13. The van der Waals surface area contributed by atoms with Crippen molar-refractivity contribution in [2.45, 2.75) is 13.8 Å². The van der Waals surface area contributed by atoms with Gasteiger partial charge in [0.05, 0.1) is 0 Å². The van der Waals surface area contributed by atoms with Gasteiger partial charge in [0, 0.05) is 3.57 Å². The predicted molar refractivity (Wildman–Crippen MR) is 85.1 cm³/mol. The molecule has 0 aliphatic carbocycles. The van der Waals surface area contributed by atoms with E-state index in [4.69, 9.17) is 0 Å². The highest BCUT2D eigenvalue weighted by molar-refractivity contribution is 14.1. The van der Waals surface area contributed by atoms with Crippen LogP contribution in [0.15, 0.2) is 49.0 Å². The van der Waals surface area contributed by atoms with Crippen molar-refractivity contribution in [3.8, 4) is 0 Å². The second-order valence-electron chi connectivity index (χ2n) is 3.95. The lowest BCUT2D eigenvalue weighted by molar-refractivity contribution is 0.627. The van der Waals surface area contributed by atoms with Gasteiger partial charge in [0.1, 0.15) is 5.82 Å². The highest BCUT2D eigenvalue weighted by Gasteiger charge is 1.94. The molecule has 0 unspecified atom stereocenters. The van der Waals surface area contributed by atoms with Crippen LogP contribution in [0.5, 0.6) is 0 Å². The average molecular weight is 354 g/mol. The van der Waals surface area contributed by atoms with Gasteiger partial charge in [-0.2, -0.15) is 0 Å². The van der Waals surface area contributed by atoms with Crippen molar-refractivity contribution in [3.63, 3.8) is 0 Å². The van der Waals surface area contributed by atoms with Crippen molar-refractivity contribution < 1.29 is 4.39 Å². The van der Waals surface area contributed by atoms with Crippen molar-refractivity contribution in [2.24, 2.45) is 0 Å². The molecule has 0 saturated heterocycles. The zero-order valence-electron chi connectivity index (χ0n) is 10.6. The number of aryl methyl sites for hydroxylation is 2. The molecule has 0 bridgehead atoms. The van der Waals surface area contributed by atoms with Crippen LogP contribution >= 0.6 is 22.6 Å². The van der Waals surface area contributed by atoms with Crippen LogP contribution in [-0.2, 0) is 0 Å². The first kappa shape index (κ1) is 14.9. The molecule has 0 saturated carbocycles. The Labute approximate surface area is 122 Å². The van der Waals surface area contributed by atoms with E-state index in [9.17, 15) is 4.39 Å². The Hall–Kier alpha value is -1.16. The normalized spacial score (nSPS) is 9.33. The minimum Gasteiger partial charge on any atom is -0.207 e. The van der Waals surface area contributed by atoms with E-state index in [0.717, 1.165) is 3.57 Å². The van der Waals surface area contributed by atoms with Crippen LogP contribution in [-0.4, -0.2) is 0 Å². The quantitative estimate of drug-likeness (QED) is 0.604. The largest absolute Gasteiger partial charge is 0.207 e. The van der Waals surface area contributed by atoms with E-state index in [1.54, 1.807) is 12.1 Å². The summed E-state index contributed by atoms with van der Waals surface area (Å²) in [7, 11) is 0. The van der Waals surface area contributed by atoms with E-state index in [1.165, 1.54) is 28.8 Å². The molecule has 2 aromatic rings. The Balaban J connectivity index is 0.000000184. The van der Waals surface area contributed by atoms with Gasteiger partial charge in [0.15, 0.2) is 0 Å². The molecule has 0 N–H and O–H groups in total. The lowest BCUT2D eigenvalue weighted by Crippen LogP contribution is -1.83. The molecular weight excluding hydrogens is 338 g/mol. The van der Waals surface area contributed by atoms with Crippen LogP contribution in [0.1, 0.15) is 16.7 Å². The van der Waals surface area contributed by atoms with Crippen molar-refractivity contribution >= 4 is 28.7 Å². The molecule has 0 fully saturated rings. The lowest BCUT2D eigenvalue weighted by atomic mass is 10.0. The fourth-order valence-electron chi connectivity index (χ4n) is 1.58. The first-order valence-corrected chi connectivity index (χ1v) is 6.72. The van der Waals surface area contributed by atoms with Gasteiger partial charge in [0.2, 0.25) is 0 Å². The summed E-state index contributed by atoms with van der Waals surface area (Å²) in [6.07, 6.45) is 1.91. The number of benzene rings is 2. The first-order valence-electron chi connectivity index (χ1n) is 5.64. The summed E-state index contributed by atoms with van der Waals surface area (Å²) in [6.45, 7) is 7.96. The van der Waals surface area contributed by atoms with E-state index < -0.39 is 0 Å². The molecule has 18 heavy (non-hydrogen) atoms. The molecule has 0 aromatic heterocycles. The van der Waals surface area contributed by atoms with Gasteiger partial charge in [-0.05, 0) is 77.4 Å². The van der Waals surface area contributed by atoms with E-state index in [-0.39, 0.29) is 5.82 Å². The smallest absolute Gasteiger partial charge is 0.123 e. The number of hydrogen-bond donors (Lipinski definition) is 0. The van der Waals surface area contributed by atoms with Crippen LogP contribution in [0.4, 0.5) is 4.39 Å². The van der Waals surface area contributed by atoms with Crippen LogP contribution in [0.25, 0.3) is 6.08 Å². The van der Waals surface area contributed by atoms with Gasteiger partial charge in [-0.25, -0.2) is 4.39 Å². The van der Waals surface area contributed by atoms with Gasteiger partial charge in [-0.1, -0.05) is 30.9 Å². The molecule has 2 heteroatoms. The monoisotopic (exact) mass is 354 g/mol. The maximum absolute atomic E-state index is 12.1. The summed E-state index contributed by atoms with van der Waals surface area (Å²) in [6, 6.07) is 12.6. The van der Waals surface area contributed by atoms with Gasteiger partial charge in [0.25, 0.3) is 0 Å². The maximum Gasteiger partial charge on any atom is 0.123 e. The van der Waals surface area contributed by atoms with Crippen LogP contribution in [0, 0.1) is 23.2 Å². The minimum absolute atomic E-state index is 0.176. The number of halogens is 2. The van der Waals surface area contributed by atoms with Crippen LogP contribution in [0.3, 0.4) is 0 Å². The zero-order chi connectivity index (χ0) is 13.5. The van der Waals surface area contributed by atoms with E-state index in [1.807, 2.05) is 6.08 Å². The molecular formula is C16H16FI. The van der Waals surface area contributed by atoms with Gasteiger partial charge < -0.3 is 0 Å². The van der Waals surface area contributed by atoms with E-state index in [2.05, 4.69) is 61.2 Å². The Kier molecular flexibility index (Phi) is 6.05. The first-order chi connectivity index (χ1) is 8.54. The van der Waals surface area contributed by atoms with Crippen molar-refractivity contribution in [3.05, 3.63) is 75.1 Å². The minimum atomic E-state index is -0.176. The highest BCUT2D eigenvalue weighted by atomic mass is 127. The van der Waals surface area contributed by atoms with Gasteiger partial charge in [-0.3, -0.25) is 0 Å². The topological polar surface area (TPSA) is 0 Å². The maximum atomic E-state index is 12.1. The van der Waals surface area contributed by atoms with Crippen molar-refractivity contribution in [1.82, 2.24) is 0 Å². The van der Waals surface area contributed by atoms with Crippen molar-refractivity contribution in [2.75, 3.05) is 0 Å². The summed E-state index contributed by atoms with van der Waals surface area (Å²) in [5, 5.41) is 0. The second-order valence-corrected chi connectivity index (χ2v) is 5.19. The lowest BCUT2D eigenvalue weighted by Gasteiger charge is -2.02. The molecule has 0 nitrogen and oxygen atoms in total. The third-order valence-electron chi connectivity index (χ3n) is 2.55. The molecule has 0 aliphatic heterocycles. The molecule has 0 heterocycles. The average Bonchev–Trinajstić information content (AvgIpc) is 2.34. The molecule has 94 valence electrons. The van der Waals surface area contributed by atoms with E-state index >= 15 is 0 Å². The molecule has 0 atom stereocenters. The van der Waals surface area contributed by atoms with E-state index in [0.29, 0.717) is 0 Å². The summed E-state index contributed by atoms with van der Waals surface area (Å²) < 4.78 is 13.1. The zero-order valence-corrected chi connectivity index (χ0v) is 12.7. The third-order valence-corrected chi connectivity index (χ3v) is 3.27. The van der Waals surface area contributed by atoms with Crippen LogP contribution in [0.2, 0.25) is 0 Å². The Bertz CT molecular complexity index is 474. The standard InChI is InChI=1S/C10H12.C6H4FI/c1-4-10-8(2)6-5-7-9(10)3;7-5-1-3-6(8)4-2-5/h4-7H,1H2,2-3H3;1-4H. The molecule has 0 radical (unpaired) electrons.